The van der Waals surface area contributed by atoms with Gasteiger partial charge < -0.3 is 11.1 Å². The SMILES string of the molecule is CCCN(CC(=O)NC(C)C)Cc1ccc(N)cc1. The number of nitrogens with one attached hydrogen (secondary N) is 1. The van der Waals surface area contributed by atoms with Gasteiger partial charge in [-0.15, -0.1) is 0 Å². The monoisotopic (exact) mass is 263 g/mol. The average Bonchev–Trinajstić information content (AvgIpc) is 2.31. The predicted octanol–water partition coefficient (Wildman–Crippen LogP) is 2.01. The summed E-state index contributed by atoms with van der Waals surface area (Å²) in [7, 11) is 0. The van der Waals surface area contributed by atoms with E-state index in [0.29, 0.717) is 6.54 Å². The molecule has 1 rings (SSSR count). The first-order valence-electron chi connectivity index (χ1n) is 6.87. The Bertz CT molecular complexity index is 387. The molecule has 0 bridgehead atoms. The first kappa shape index (κ1) is 15.5. The number of hydrogen-bond acceptors (Lipinski definition) is 3. The van der Waals surface area contributed by atoms with Gasteiger partial charge in [-0.1, -0.05) is 19.1 Å². The van der Waals surface area contributed by atoms with Crippen LogP contribution in [0.5, 0.6) is 0 Å². The summed E-state index contributed by atoms with van der Waals surface area (Å²) in [4.78, 5) is 14.0. The molecule has 1 amide bonds. The Kier molecular flexibility index (Phi) is 6.36. The van der Waals surface area contributed by atoms with Gasteiger partial charge in [0.1, 0.15) is 0 Å². The maximum absolute atomic E-state index is 11.8. The van der Waals surface area contributed by atoms with Crippen LogP contribution < -0.4 is 11.1 Å². The molecule has 0 saturated heterocycles. The molecule has 106 valence electrons. The van der Waals surface area contributed by atoms with Crippen molar-refractivity contribution in [2.75, 3.05) is 18.8 Å². The minimum Gasteiger partial charge on any atom is -0.399 e. The number of amides is 1. The third-order valence-corrected chi connectivity index (χ3v) is 2.74. The van der Waals surface area contributed by atoms with E-state index in [9.17, 15) is 4.79 Å². The van der Waals surface area contributed by atoms with Gasteiger partial charge in [0.05, 0.1) is 6.54 Å². The van der Waals surface area contributed by atoms with Crippen molar-refractivity contribution < 1.29 is 4.79 Å². The average molecular weight is 263 g/mol. The fourth-order valence-electron chi connectivity index (χ4n) is 1.98. The molecule has 0 radical (unpaired) electrons. The highest BCUT2D eigenvalue weighted by molar-refractivity contribution is 5.78. The van der Waals surface area contributed by atoms with Gasteiger partial charge in [-0.25, -0.2) is 0 Å². The highest BCUT2D eigenvalue weighted by Crippen LogP contribution is 2.09. The van der Waals surface area contributed by atoms with E-state index >= 15 is 0 Å². The van der Waals surface area contributed by atoms with Crippen molar-refractivity contribution in [2.24, 2.45) is 0 Å². The zero-order valence-corrected chi connectivity index (χ0v) is 12.1. The molecule has 0 aliphatic heterocycles. The van der Waals surface area contributed by atoms with Crippen molar-refractivity contribution in [1.82, 2.24) is 10.2 Å². The smallest absolute Gasteiger partial charge is 0.234 e. The van der Waals surface area contributed by atoms with Gasteiger partial charge in [0.2, 0.25) is 5.91 Å². The molecule has 3 N–H and O–H groups in total. The first-order chi connectivity index (χ1) is 9.01. The molecular weight excluding hydrogens is 238 g/mol. The van der Waals surface area contributed by atoms with Crippen molar-refractivity contribution >= 4 is 11.6 Å². The van der Waals surface area contributed by atoms with Gasteiger partial charge in [-0.2, -0.15) is 0 Å². The van der Waals surface area contributed by atoms with E-state index in [2.05, 4.69) is 17.1 Å². The number of carbonyl (C=O) groups excluding carboxylic acids is 1. The summed E-state index contributed by atoms with van der Waals surface area (Å²) in [5.74, 6) is 0.0823. The number of hydrogen-bond donors (Lipinski definition) is 2. The topological polar surface area (TPSA) is 58.4 Å². The quantitative estimate of drug-likeness (QED) is 0.740. The lowest BCUT2D eigenvalue weighted by atomic mass is 10.2. The molecule has 1 aromatic carbocycles. The van der Waals surface area contributed by atoms with Crippen LogP contribution in [0.3, 0.4) is 0 Å². The molecule has 0 aliphatic rings. The number of nitrogens with two attached hydrogens (primary N) is 1. The zero-order chi connectivity index (χ0) is 14.3. The van der Waals surface area contributed by atoms with Crippen LogP contribution in [0.2, 0.25) is 0 Å². The van der Waals surface area contributed by atoms with Gasteiger partial charge in [-0.3, -0.25) is 9.69 Å². The number of anilines is 1. The van der Waals surface area contributed by atoms with Gasteiger partial charge in [-0.05, 0) is 44.5 Å². The highest BCUT2D eigenvalue weighted by Gasteiger charge is 2.11. The Morgan fingerprint density at radius 3 is 2.47 bits per heavy atom. The van der Waals surface area contributed by atoms with Gasteiger partial charge in [0, 0.05) is 18.3 Å². The van der Waals surface area contributed by atoms with E-state index in [-0.39, 0.29) is 11.9 Å². The van der Waals surface area contributed by atoms with Crippen molar-refractivity contribution in [2.45, 2.75) is 39.8 Å². The van der Waals surface area contributed by atoms with Crippen molar-refractivity contribution in [3.63, 3.8) is 0 Å². The Labute approximate surface area is 116 Å². The molecule has 0 atom stereocenters. The van der Waals surface area contributed by atoms with E-state index in [1.54, 1.807) is 0 Å². The standard InChI is InChI=1S/C15H25N3O/c1-4-9-18(11-15(19)17-12(2)3)10-13-5-7-14(16)8-6-13/h5-8,12H,4,9-11,16H2,1-3H3,(H,17,19). The molecule has 4 nitrogen and oxygen atoms in total. The molecule has 0 aromatic heterocycles. The largest absolute Gasteiger partial charge is 0.399 e. The predicted molar refractivity (Wildman–Crippen MR) is 79.7 cm³/mol. The van der Waals surface area contributed by atoms with E-state index < -0.39 is 0 Å². The van der Waals surface area contributed by atoms with E-state index in [1.165, 1.54) is 5.56 Å². The molecule has 0 saturated carbocycles. The number of benzene rings is 1. The van der Waals surface area contributed by atoms with Crippen LogP contribution in [0.15, 0.2) is 24.3 Å². The third-order valence-electron chi connectivity index (χ3n) is 2.74. The summed E-state index contributed by atoms with van der Waals surface area (Å²) in [6, 6.07) is 8.00. The Morgan fingerprint density at radius 1 is 1.32 bits per heavy atom. The summed E-state index contributed by atoms with van der Waals surface area (Å²) in [6.45, 7) is 8.20. The maximum atomic E-state index is 11.8. The molecule has 0 fully saturated rings. The summed E-state index contributed by atoms with van der Waals surface area (Å²) in [5.41, 5.74) is 7.62. The summed E-state index contributed by atoms with van der Waals surface area (Å²) in [6.07, 6.45) is 1.03. The second-order valence-corrected chi connectivity index (χ2v) is 5.17. The molecule has 1 aromatic rings. The van der Waals surface area contributed by atoms with Crippen LogP contribution in [-0.4, -0.2) is 29.9 Å². The van der Waals surface area contributed by atoms with Crippen LogP contribution in [0.4, 0.5) is 5.69 Å². The van der Waals surface area contributed by atoms with Gasteiger partial charge in [0.15, 0.2) is 0 Å². The van der Waals surface area contributed by atoms with Crippen LogP contribution >= 0.6 is 0 Å². The lowest BCUT2D eigenvalue weighted by molar-refractivity contribution is -0.122. The highest BCUT2D eigenvalue weighted by atomic mass is 16.2. The number of nitrogens with zero attached hydrogens (tertiary/aromatic N) is 1. The van der Waals surface area contributed by atoms with Crippen LogP contribution in [0.1, 0.15) is 32.8 Å². The van der Waals surface area contributed by atoms with E-state index in [1.807, 2.05) is 38.1 Å². The normalized spacial score (nSPS) is 11.0. The molecule has 0 aliphatic carbocycles. The van der Waals surface area contributed by atoms with Gasteiger partial charge >= 0.3 is 0 Å². The molecule has 19 heavy (non-hydrogen) atoms. The molecule has 0 unspecified atom stereocenters. The minimum absolute atomic E-state index is 0.0823. The van der Waals surface area contributed by atoms with E-state index in [4.69, 9.17) is 5.73 Å². The summed E-state index contributed by atoms with van der Waals surface area (Å²) in [5, 5.41) is 2.93. The first-order valence-corrected chi connectivity index (χ1v) is 6.87. The molecule has 0 spiro atoms. The fraction of sp³-hybridized carbons (Fsp3) is 0.533. The summed E-state index contributed by atoms with van der Waals surface area (Å²) >= 11 is 0. The molecule has 4 heteroatoms. The van der Waals surface area contributed by atoms with E-state index in [0.717, 1.165) is 25.2 Å². The third kappa shape index (κ3) is 6.25. The summed E-state index contributed by atoms with van der Waals surface area (Å²) < 4.78 is 0. The van der Waals surface area contributed by atoms with Crippen molar-refractivity contribution in [3.05, 3.63) is 29.8 Å². The second kappa shape index (κ2) is 7.79. The number of nitrogen functional groups attached to an aromatic ring is 1. The Hall–Kier alpha value is -1.55. The number of carbonyl (C=O) groups is 1. The van der Waals surface area contributed by atoms with Crippen LogP contribution in [0, 0.1) is 0 Å². The van der Waals surface area contributed by atoms with Gasteiger partial charge in [0.25, 0.3) is 0 Å². The Morgan fingerprint density at radius 2 is 1.95 bits per heavy atom. The minimum atomic E-state index is 0.0823. The van der Waals surface area contributed by atoms with Crippen LogP contribution in [0.25, 0.3) is 0 Å². The number of rotatable bonds is 7. The van der Waals surface area contributed by atoms with Crippen molar-refractivity contribution in [3.8, 4) is 0 Å². The lowest BCUT2D eigenvalue weighted by Gasteiger charge is -2.22. The maximum Gasteiger partial charge on any atom is 0.234 e. The van der Waals surface area contributed by atoms with Crippen molar-refractivity contribution in [1.29, 1.82) is 0 Å². The molecule has 0 heterocycles. The second-order valence-electron chi connectivity index (χ2n) is 5.17. The lowest BCUT2D eigenvalue weighted by Crippen LogP contribution is -2.40. The molecular formula is C15H25N3O. The zero-order valence-electron chi connectivity index (χ0n) is 12.1. The Balaban J connectivity index is 2.57. The fourth-order valence-corrected chi connectivity index (χ4v) is 1.98. The van der Waals surface area contributed by atoms with Crippen LogP contribution in [-0.2, 0) is 11.3 Å².